The molecule has 2 aromatic carbocycles. The molecule has 0 heterocycles. The lowest BCUT2D eigenvalue weighted by atomic mass is 10.2. The number of rotatable bonds is 5. The van der Waals surface area contributed by atoms with E-state index in [1.54, 1.807) is 13.2 Å². The van der Waals surface area contributed by atoms with Gasteiger partial charge >= 0.3 is 0 Å². The molecule has 0 bridgehead atoms. The summed E-state index contributed by atoms with van der Waals surface area (Å²) < 4.78 is 6.21. The number of anilines is 1. The lowest BCUT2D eigenvalue weighted by Crippen LogP contribution is -2.02. The van der Waals surface area contributed by atoms with Gasteiger partial charge in [0.2, 0.25) is 0 Å². The maximum atomic E-state index is 10.9. The average Bonchev–Trinajstić information content (AvgIpc) is 2.46. The van der Waals surface area contributed by atoms with E-state index in [0.717, 1.165) is 15.8 Å². The highest BCUT2D eigenvalue weighted by Crippen LogP contribution is 2.28. The number of hydrogen-bond acceptors (Lipinski definition) is 4. The van der Waals surface area contributed by atoms with Gasteiger partial charge in [-0.1, -0.05) is 27.5 Å². The van der Waals surface area contributed by atoms with E-state index < -0.39 is 4.92 Å². The third kappa shape index (κ3) is 3.86. The normalized spacial score (nSPS) is 10.2. The molecule has 110 valence electrons. The molecule has 0 fully saturated rings. The monoisotopic (exact) mass is 370 g/mol. The highest BCUT2D eigenvalue weighted by atomic mass is 79.9. The fraction of sp³-hybridized carbons (Fsp3) is 0.143. The first-order valence-electron chi connectivity index (χ1n) is 6.01. The average molecular weight is 372 g/mol. The molecule has 0 saturated heterocycles. The van der Waals surface area contributed by atoms with Gasteiger partial charge in [0.25, 0.3) is 5.69 Å². The topological polar surface area (TPSA) is 64.4 Å². The molecular formula is C14H12BrClN2O3. The number of hydrogen-bond donors (Lipinski definition) is 1. The van der Waals surface area contributed by atoms with Crippen LogP contribution in [0.15, 0.2) is 40.9 Å². The Bertz CT molecular complexity index is 679. The molecule has 0 unspecified atom stereocenters. The van der Waals surface area contributed by atoms with Gasteiger partial charge in [0.15, 0.2) is 0 Å². The fourth-order valence-corrected chi connectivity index (χ4v) is 2.44. The number of methoxy groups -OCH3 is 1. The first-order valence-corrected chi connectivity index (χ1v) is 7.18. The van der Waals surface area contributed by atoms with E-state index in [1.165, 1.54) is 12.1 Å². The Labute approximate surface area is 135 Å². The second kappa shape index (κ2) is 6.78. The first kappa shape index (κ1) is 15.6. The van der Waals surface area contributed by atoms with Gasteiger partial charge in [0, 0.05) is 28.3 Å². The molecule has 0 spiro atoms. The van der Waals surface area contributed by atoms with Gasteiger partial charge in [-0.3, -0.25) is 10.1 Å². The third-order valence-electron chi connectivity index (χ3n) is 2.87. The van der Waals surface area contributed by atoms with E-state index in [0.29, 0.717) is 12.2 Å². The molecule has 2 aromatic rings. The molecule has 0 aliphatic heterocycles. The Hall–Kier alpha value is -1.79. The standard InChI is InChI=1S/C14H12BrClN2O3/c1-21-14-5-2-10(15)6-9(14)8-17-11-3-4-12(16)13(7-11)18(19)20/h2-7,17H,8H2,1H3. The van der Waals surface area contributed by atoms with Crippen LogP contribution in [0.25, 0.3) is 0 Å². The van der Waals surface area contributed by atoms with Crippen molar-refractivity contribution in [1.29, 1.82) is 0 Å². The zero-order chi connectivity index (χ0) is 15.4. The fourth-order valence-electron chi connectivity index (χ4n) is 1.85. The smallest absolute Gasteiger partial charge is 0.289 e. The van der Waals surface area contributed by atoms with Crippen molar-refractivity contribution in [3.05, 3.63) is 61.6 Å². The summed E-state index contributed by atoms with van der Waals surface area (Å²) in [5.41, 5.74) is 1.43. The Morgan fingerprint density at radius 3 is 2.76 bits per heavy atom. The van der Waals surface area contributed by atoms with Crippen LogP contribution >= 0.6 is 27.5 Å². The maximum Gasteiger partial charge on any atom is 0.289 e. The second-order valence-corrected chi connectivity index (χ2v) is 5.56. The minimum Gasteiger partial charge on any atom is -0.496 e. The van der Waals surface area contributed by atoms with Crippen LogP contribution in [0.4, 0.5) is 11.4 Å². The van der Waals surface area contributed by atoms with Gasteiger partial charge < -0.3 is 10.1 Å². The lowest BCUT2D eigenvalue weighted by Gasteiger charge is -2.11. The van der Waals surface area contributed by atoms with E-state index in [4.69, 9.17) is 16.3 Å². The molecule has 5 nitrogen and oxygen atoms in total. The predicted octanol–water partition coefficient (Wildman–Crippen LogP) is 4.63. The van der Waals surface area contributed by atoms with Gasteiger partial charge in [-0.05, 0) is 30.3 Å². The molecule has 0 amide bonds. The Balaban J connectivity index is 2.19. The van der Waals surface area contributed by atoms with Crippen LogP contribution in [-0.2, 0) is 6.54 Å². The van der Waals surface area contributed by atoms with Gasteiger partial charge in [-0.2, -0.15) is 0 Å². The van der Waals surface area contributed by atoms with Crippen molar-refractivity contribution >= 4 is 38.9 Å². The maximum absolute atomic E-state index is 10.9. The van der Waals surface area contributed by atoms with Crippen LogP contribution in [0.3, 0.4) is 0 Å². The second-order valence-electron chi connectivity index (χ2n) is 4.23. The van der Waals surface area contributed by atoms with Crippen LogP contribution in [0.5, 0.6) is 5.75 Å². The minimum atomic E-state index is -0.507. The predicted molar refractivity (Wildman–Crippen MR) is 86.1 cm³/mol. The van der Waals surface area contributed by atoms with Crippen molar-refractivity contribution in [3.63, 3.8) is 0 Å². The summed E-state index contributed by atoms with van der Waals surface area (Å²) in [4.78, 5) is 10.4. The van der Waals surface area contributed by atoms with Crippen LogP contribution in [0.1, 0.15) is 5.56 Å². The third-order valence-corrected chi connectivity index (χ3v) is 3.68. The number of nitro benzene ring substituents is 1. The summed E-state index contributed by atoms with van der Waals surface area (Å²) >= 11 is 9.18. The first-order chi connectivity index (χ1) is 10.0. The number of ether oxygens (including phenoxy) is 1. The van der Waals surface area contributed by atoms with E-state index in [2.05, 4.69) is 21.2 Å². The molecule has 21 heavy (non-hydrogen) atoms. The van der Waals surface area contributed by atoms with Crippen LogP contribution in [0.2, 0.25) is 5.02 Å². The molecule has 2 rings (SSSR count). The van der Waals surface area contributed by atoms with Crippen LogP contribution in [0, 0.1) is 10.1 Å². The Morgan fingerprint density at radius 1 is 1.33 bits per heavy atom. The van der Waals surface area contributed by atoms with Crippen LogP contribution < -0.4 is 10.1 Å². The number of halogens is 2. The summed E-state index contributed by atoms with van der Waals surface area (Å²) in [5.74, 6) is 0.745. The van der Waals surface area contributed by atoms with Crippen molar-refractivity contribution in [2.75, 3.05) is 12.4 Å². The van der Waals surface area contributed by atoms with Gasteiger partial charge in [-0.15, -0.1) is 0 Å². The van der Waals surface area contributed by atoms with Gasteiger partial charge in [0.05, 0.1) is 12.0 Å². The molecule has 0 atom stereocenters. The minimum absolute atomic E-state index is 0.116. The van der Waals surface area contributed by atoms with E-state index in [9.17, 15) is 10.1 Å². The summed E-state index contributed by atoms with van der Waals surface area (Å²) in [6.45, 7) is 0.474. The molecular weight excluding hydrogens is 360 g/mol. The van der Waals surface area contributed by atoms with Crippen molar-refractivity contribution in [2.24, 2.45) is 0 Å². The molecule has 0 aliphatic rings. The Morgan fingerprint density at radius 2 is 2.10 bits per heavy atom. The highest BCUT2D eigenvalue weighted by Gasteiger charge is 2.13. The molecule has 1 N–H and O–H groups in total. The number of benzene rings is 2. The summed E-state index contributed by atoms with van der Waals surface area (Å²) in [6, 6.07) is 10.3. The zero-order valence-electron chi connectivity index (χ0n) is 11.1. The van der Waals surface area contributed by atoms with Gasteiger partial charge in [0.1, 0.15) is 10.8 Å². The number of nitrogens with one attached hydrogen (secondary N) is 1. The van der Waals surface area contributed by atoms with E-state index in [-0.39, 0.29) is 10.7 Å². The van der Waals surface area contributed by atoms with Crippen molar-refractivity contribution < 1.29 is 9.66 Å². The summed E-state index contributed by atoms with van der Waals surface area (Å²) in [6.07, 6.45) is 0. The Kier molecular flexibility index (Phi) is 5.03. The highest BCUT2D eigenvalue weighted by molar-refractivity contribution is 9.10. The zero-order valence-corrected chi connectivity index (χ0v) is 13.4. The molecule has 7 heteroatoms. The van der Waals surface area contributed by atoms with Gasteiger partial charge in [-0.25, -0.2) is 0 Å². The summed E-state index contributed by atoms with van der Waals surface area (Å²) in [7, 11) is 1.60. The molecule has 0 saturated carbocycles. The van der Waals surface area contributed by atoms with Crippen molar-refractivity contribution in [1.82, 2.24) is 0 Å². The summed E-state index contributed by atoms with van der Waals surface area (Å²) in [5, 5.41) is 14.1. The number of nitro groups is 1. The molecule has 0 radical (unpaired) electrons. The number of nitrogens with zero attached hydrogens (tertiary/aromatic N) is 1. The molecule has 0 aliphatic carbocycles. The molecule has 0 aromatic heterocycles. The van der Waals surface area contributed by atoms with Crippen molar-refractivity contribution in [3.8, 4) is 5.75 Å². The lowest BCUT2D eigenvalue weighted by molar-refractivity contribution is -0.384. The SMILES string of the molecule is COc1ccc(Br)cc1CNc1ccc(Cl)c([N+](=O)[O-])c1. The largest absolute Gasteiger partial charge is 0.496 e. The van der Waals surface area contributed by atoms with Crippen molar-refractivity contribution in [2.45, 2.75) is 6.54 Å². The van der Waals surface area contributed by atoms with E-state index >= 15 is 0 Å². The quantitative estimate of drug-likeness (QED) is 0.614. The van der Waals surface area contributed by atoms with Crippen LogP contribution in [-0.4, -0.2) is 12.0 Å². The van der Waals surface area contributed by atoms with E-state index in [1.807, 2.05) is 18.2 Å².